The molecule has 304 valence electrons. The summed E-state index contributed by atoms with van der Waals surface area (Å²) < 4.78 is 18.5. The maximum Gasteiger partial charge on any atom is 0.145 e. The SMILES string of the molecule is c1ccc(-n2c3ccccc3c3ccccc32)c(-c2ccc(N(c3ccc(-c4cccc5c4oc4ccccc45)cc3)c3cccc4c3sc3ccccc34)c3c2oc2ccccc23)c1. The van der Waals surface area contributed by atoms with Crippen LogP contribution in [0.2, 0.25) is 0 Å². The molecule has 0 amide bonds. The minimum absolute atomic E-state index is 0.846. The number of hydrogen-bond donors (Lipinski definition) is 0. The van der Waals surface area contributed by atoms with Crippen molar-refractivity contribution in [2.24, 2.45) is 0 Å². The molecule has 0 radical (unpaired) electrons. The van der Waals surface area contributed by atoms with Gasteiger partial charge in [-0.3, -0.25) is 0 Å². The highest BCUT2D eigenvalue weighted by molar-refractivity contribution is 7.26. The monoisotopic (exact) mass is 848 g/mol. The van der Waals surface area contributed by atoms with E-state index in [2.05, 4.69) is 216 Å². The second-order valence-corrected chi connectivity index (χ2v) is 17.8. The van der Waals surface area contributed by atoms with Gasteiger partial charge in [0.2, 0.25) is 0 Å². The molecule has 0 aliphatic carbocycles. The molecule has 0 unspecified atom stereocenters. The van der Waals surface area contributed by atoms with Crippen molar-refractivity contribution in [1.29, 1.82) is 0 Å². The Morgan fingerprint density at radius 1 is 0.369 bits per heavy atom. The van der Waals surface area contributed by atoms with Gasteiger partial charge in [-0.2, -0.15) is 0 Å². The van der Waals surface area contributed by atoms with Crippen molar-refractivity contribution >= 4 is 114 Å². The summed E-state index contributed by atoms with van der Waals surface area (Å²) in [6.45, 7) is 0. The highest BCUT2D eigenvalue weighted by Crippen LogP contribution is 2.51. The molecule has 0 fully saturated rings. The van der Waals surface area contributed by atoms with Crippen LogP contribution in [0.4, 0.5) is 17.1 Å². The molecule has 14 aromatic rings. The fourth-order valence-electron chi connectivity index (χ4n) is 10.4. The molecular weight excluding hydrogens is 813 g/mol. The van der Waals surface area contributed by atoms with Gasteiger partial charge in [0.15, 0.2) is 0 Å². The molecule has 0 aliphatic heterocycles. The number of furan rings is 2. The number of para-hydroxylation sites is 6. The fourth-order valence-corrected chi connectivity index (χ4v) is 11.6. The molecule has 4 nitrogen and oxygen atoms in total. The zero-order valence-corrected chi connectivity index (χ0v) is 35.7. The lowest BCUT2D eigenvalue weighted by molar-refractivity contribution is 0.669. The molecule has 5 heteroatoms. The van der Waals surface area contributed by atoms with Crippen LogP contribution in [0, 0.1) is 0 Å². The Bertz CT molecular complexity index is 4150. The minimum Gasteiger partial charge on any atom is -0.455 e. The molecule has 0 spiro atoms. The van der Waals surface area contributed by atoms with Gasteiger partial charge in [0.05, 0.1) is 38.2 Å². The quantitative estimate of drug-likeness (QED) is 0.167. The minimum atomic E-state index is 0.846. The van der Waals surface area contributed by atoms with E-state index >= 15 is 0 Å². The van der Waals surface area contributed by atoms with Crippen LogP contribution < -0.4 is 4.90 Å². The van der Waals surface area contributed by atoms with Crippen LogP contribution in [-0.2, 0) is 0 Å². The maximum atomic E-state index is 7.08. The molecule has 0 atom stereocenters. The lowest BCUT2D eigenvalue weighted by Gasteiger charge is -2.27. The summed E-state index contributed by atoms with van der Waals surface area (Å²) in [6, 6.07) is 78.3. The van der Waals surface area contributed by atoms with Gasteiger partial charge in [-0.05, 0) is 72.3 Å². The van der Waals surface area contributed by atoms with E-state index in [4.69, 9.17) is 8.83 Å². The first kappa shape index (κ1) is 36.1. The van der Waals surface area contributed by atoms with Crippen molar-refractivity contribution < 1.29 is 8.83 Å². The van der Waals surface area contributed by atoms with Crippen LogP contribution in [0.25, 0.3) is 114 Å². The lowest BCUT2D eigenvalue weighted by Crippen LogP contribution is -2.10. The Hall–Kier alpha value is -8.38. The average Bonchev–Trinajstić information content (AvgIpc) is 4.14. The Balaban J connectivity index is 1.02. The van der Waals surface area contributed by atoms with Crippen LogP contribution in [0.3, 0.4) is 0 Å². The summed E-state index contributed by atoms with van der Waals surface area (Å²) in [7, 11) is 0. The number of benzene rings is 10. The van der Waals surface area contributed by atoms with Gasteiger partial charge < -0.3 is 18.3 Å². The molecule has 0 saturated heterocycles. The number of hydrogen-bond acceptors (Lipinski definition) is 4. The number of nitrogens with zero attached hydrogens (tertiary/aromatic N) is 2. The van der Waals surface area contributed by atoms with Gasteiger partial charge in [0, 0.05) is 64.8 Å². The van der Waals surface area contributed by atoms with Crippen molar-refractivity contribution in [1.82, 2.24) is 4.57 Å². The summed E-state index contributed by atoms with van der Waals surface area (Å²) in [5.74, 6) is 0. The molecule has 0 saturated carbocycles. The van der Waals surface area contributed by atoms with Crippen LogP contribution in [0.1, 0.15) is 0 Å². The normalized spacial score (nSPS) is 12.0. The summed E-state index contributed by atoms with van der Waals surface area (Å²) in [6.07, 6.45) is 0. The van der Waals surface area contributed by atoms with Crippen molar-refractivity contribution in [3.63, 3.8) is 0 Å². The Labute approximate surface area is 377 Å². The third-order valence-corrected chi connectivity index (χ3v) is 14.4. The summed E-state index contributed by atoms with van der Waals surface area (Å²) in [5, 5.41) is 9.34. The number of aromatic nitrogens is 1. The molecule has 4 heterocycles. The zero-order chi connectivity index (χ0) is 42.6. The number of fused-ring (bicyclic) bond motifs is 12. The van der Waals surface area contributed by atoms with E-state index in [1.165, 1.54) is 42.0 Å². The van der Waals surface area contributed by atoms with Gasteiger partial charge in [-0.25, -0.2) is 0 Å². The Morgan fingerprint density at radius 3 is 1.75 bits per heavy atom. The first-order valence-corrected chi connectivity index (χ1v) is 22.8. The summed E-state index contributed by atoms with van der Waals surface area (Å²) in [4.78, 5) is 2.44. The Kier molecular flexibility index (Phi) is 7.82. The van der Waals surface area contributed by atoms with E-state index < -0.39 is 0 Å². The average molecular weight is 849 g/mol. The summed E-state index contributed by atoms with van der Waals surface area (Å²) in [5.41, 5.74) is 14.4. The van der Waals surface area contributed by atoms with E-state index in [9.17, 15) is 0 Å². The molecule has 65 heavy (non-hydrogen) atoms. The lowest BCUT2D eigenvalue weighted by atomic mass is 9.98. The molecule has 4 aromatic heterocycles. The van der Waals surface area contributed by atoms with E-state index in [0.29, 0.717) is 0 Å². The zero-order valence-electron chi connectivity index (χ0n) is 34.9. The highest BCUT2D eigenvalue weighted by Gasteiger charge is 2.26. The first-order valence-electron chi connectivity index (χ1n) is 22.0. The van der Waals surface area contributed by atoms with E-state index in [1.54, 1.807) is 0 Å². The third-order valence-electron chi connectivity index (χ3n) is 13.2. The number of anilines is 3. The van der Waals surface area contributed by atoms with Gasteiger partial charge in [-0.15, -0.1) is 11.3 Å². The predicted octanol–water partition coefficient (Wildman–Crippen LogP) is 17.8. The van der Waals surface area contributed by atoms with Crippen molar-refractivity contribution in [3.8, 4) is 27.9 Å². The van der Waals surface area contributed by atoms with E-state index in [1.807, 2.05) is 23.5 Å². The smallest absolute Gasteiger partial charge is 0.145 e. The predicted molar refractivity (Wildman–Crippen MR) is 274 cm³/mol. The molecule has 0 aliphatic rings. The first-order chi connectivity index (χ1) is 32.3. The van der Waals surface area contributed by atoms with Gasteiger partial charge in [-0.1, -0.05) is 152 Å². The summed E-state index contributed by atoms with van der Waals surface area (Å²) >= 11 is 1.84. The largest absolute Gasteiger partial charge is 0.455 e. The highest BCUT2D eigenvalue weighted by atomic mass is 32.1. The molecule has 0 N–H and O–H groups in total. The second-order valence-electron chi connectivity index (χ2n) is 16.7. The number of rotatable bonds is 6. The number of thiophene rings is 1. The standard InChI is InChI=1S/C60H36N2O2S/c1-7-24-49-40(15-1)41-16-2-8-25-50(41)62(49)51-26-9-3-17-42(51)46-35-36-52(57-48-20-5-11-29-55(48)64-59(46)57)61(53-27-14-23-47-44-19-6-12-30-56(44)65-60(47)53)38-33-31-37(32-34-38)39-21-13-22-45-43-18-4-10-28-54(43)63-58(39)45/h1-36H. The third kappa shape index (κ3) is 5.37. The second kappa shape index (κ2) is 14.1. The van der Waals surface area contributed by atoms with Crippen LogP contribution >= 0.6 is 11.3 Å². The van der Waals surface area contributed by atoms with Gasteiger partial charge in [0.25, 0.3) is 0 Å². The van der Waals surface area contributed by atoms with Crippen molar-refractivity contribution in [2.45, 2.75) is 0 Å². The molecule has 10 aromatic carbocycles. The van der Waals surface area contributed by atoms with Crippen LogP contribution in [0.15, 0.2) is 227 Å². The topological polar surface area (TPSA) is 34.5 Å². The van der Waals surface area contributed by atoms with Crippen LogP contribution in [0.5, 0.6) is 0 Å². The molecule has 0 bridgehead atoms. The van der Waals surface area contributed by atoms with Crippen molar-refractivity contribution in [3.05, 3.63) is 218 Å². The van der Waals surface area contributed by atoms with Crippen LogP contribution in [-0.4, -0.2) is 4.57 Å². The van der Waals surface area contributed by atoms with Gasteiger partial charge in [0.1, 0.15) is 22.3 Å². The molecular formula is C60H36N2O2S. The fraction of sp³-hybridized carbons (Fsp3) is 0. The Morgan fingerprint density at radius 2 is 0.954 bits per heavy atom. The van der Waals surface area contributed by atoms with Gasteiger partial charge >= 0.3 is 0 Å². The van der Waals surface area contributed by atoms with E-state index in [0.717, 1.165) is 88.9 Å². The van der Waals surface area contributed by atoms with E-state index in [-0.39, 0.29) is 0 Å². The molecule has 14 rings (SSSR count). The maximum absolute atomic E-state index is 7.08. The van der Waals surface area contributed by atoms with Crippen molar-refractivity contribution in [2.75, 3.05) is 4.90 Å².